The smallest absolute Gasteiger partial charge is 0.397 e. The molecule has 1 N–H and O–H groups in total. The van der Waals surface area contributed by atoms with Crippen molar-refractivity contribution >= 4 is 10.4 Å². The minimum absolute atomic E-state index is 0.00473. The summed E-state index contributed by atoms with van der Waals surface area (Å²) < 4.78 is 45.9. The third-order valence-corrected chi connectivity index (χ3v) is 4.95. The second kappa shape index (κ2) is 8.15. The molecule has 1 aliphatic rings. The van der Waals surface area contributed by atoms with Gasteiger partial charge in [-0.25, -0.2) is 4.18 Å². The first kappa shape index (κ1) is 19.0. The van der Waals surface area contributed by atoms with Gasteiger partial charge in [0.1, 0.15) is 6.54 Å². The summed E-state index contributed by atoms with van der Waals surface area (Å²) in [5, 5.41) is 0. The lowest BCUT2D eigenvalue weighted by atomic mass is 10.1. The molecule has 0 atom stereocenters. The first-order chi connectivity index (χ1) is 11.4. The Bertz CT molecular complexity index is 640. The van der Waals surface area contributed by atoms with E-state index in [0.717, 1.165) is 49.1 Å². The van der Waals surface area contributed by atoms with Gasteiger partial charge in [-0.3, -0.25) is 4.55 Å². The Labute approximate surface area is 143 Å². The van der Waals surface area contributed by atoms with Gasteiger partial charge >= 0.3 is 10.4 Å². The Morgan fingerprint density at radius 3 is 2.38 bits per heavy atom. The monoisotopic (exact) mass is 360 g/mol. The lowest BCUT2D eigenvalue weighted by Crippen LogP contribution is -2.45. The second-order valence-corrected chi connectivity index (χ2v) is 7.26. The van der Waals surface area contributed by atoms with Gasteiger partial charge in [-0.1, -0.05) is 0 Å². The van der Waals surface area contributed by atoms with Crippen molar-refractivity contribution in [3.63, 3.8) is 0 Å². The molecule has 24 heavy (non-hydrogen) atoms. The van der Waals surface area contributed by atoms with E-state index in [4.69, 9.17) is 14.0 Å². The van der Waals surface area contributed by atoms with E-state index in [1.807, 2.05) is 18.2 Å². The van der Waals surface area contributed by atoms with Crippen LogP contribution in [-0.4, -0.2) is 57.9 Å². The molecule has 0 spiro atoms. The Hall–Kier alpha value is -1.35. The van der Waals surface area contributed by atoms with Crippen molar-refractivity contribution in [2.75, 3.05) is 40.5 Å². The van der Waals surface area contributed by atoms with Crippen LogP contribution in [0.15, 0.2) is 18.2 Å². The number of hydrogen-bond acceptors (Lipinski definition) is 5. The highest BCUT2D eigenvalue weighted by atomic mass is 32.3. The number of rotatable bonds is 9. The molecule has 2 rings (SSSR count). The van der Waals surface area contributed by atoms with E-state index >= 15 is 0 Å². The molecule has 1 aromatic rings. The van der Waals surface area contributed by atoms with Gasteiger partial charge in [0.05, 0.1) is 40.5 Å². The van der Waals surface area contributed by atoms with Crippen molar-refractivity contribution < 1.29 is 31.1 Å². The number of benzene rings is 1. The first-order valence-corrected chi connectivity index (χ1v) is 9.42. The van der Waals surface area contributed by atoms with Crippen molar-refractivity contribution in [2.24, 2.45) is 0 Å². The van der Waals surface area contributed by atoms with Crippen molar-refractivity contribution in [1.29, 1.82) is 0 Å². The van der Waals surface area contributed by atoms with Crippen LogP contribution < -0.4 is 9.47 Å². The van der Waals surface area contributed by atoms with E-state index in [-0.39, 0.29) is 6.61 Å². The molecule has 1 heterocycles. The molecule has 136 valence electrons. The lowest BCUT2D eigenvalue weighted by Gasteiger charge is -2.34. The Balaban J connectivity index is 2.02. The van der Waals surface area contributed by atoms with Crippen LogP contribution in [0.25, 0.3) is 0 Å². The molecule has 7 nitrogen and oxygen atoms in total. The third-order valence-electron chi connectivity index (χ3n) is 4.49. The van der Waals surface area contributed by atoms with Crippen LogP contribution in [0.5, 0.6) is 11.5 Å². The quantitative estimate of drug-likeness (QED) is 0.412. The molecule has 0 radical (unpaired) electrons. The van der Waals surface area contributed by atoms with Crippen molar-refractivity contribution in [2.45, 2.75) is 25.8 Å². The van der Waals surface area contributed by atoms with Crippen LogP contribution in [0.4, 0.5) is 0 Å². The van der Waals surface area contributed by atoms with E-state index in [9.17, 15) is 8.42 Å². The summed E-state index contributed by atoms with van der Waals surface area (Å²) in [6, 6.07) is 5.93. The van der Waals surface area contributed by atoms with Crippen LogP contribution in [0.1, 0.15) is 24.8 Å². The van der Waals surface area contributed by atoms with Crippen LogP contribution in [0.2, 0.25) is 0 Å². The molecule has 1 fully saturated rings. The van der Waals surface area contributed by atoms with Crippen LogP contribution in [0.3, 0.4) is 0 Å². The highest BCUT2D eigenvalue weighted by Crippen LogP contribution is 2.30. The topological polar surface area (TPSA) is 82.1 Å². The molecular weight excluding hydrogens is 334 g/mol. The summed E-state index contributed by atoms with van der Waals surface area (Å²) in [6.07, 6.45) is 2.89. The van der Waals surface area contributed by atoms with Gasteiger partial charge in [0.2, 0.25) is 0 Å². The SMILES string of the molecule is COc1ccc(C[N+]2(CCCOS(=O)(=O)O)CCCC2)cc1OC. The molecule has 1 aliphatic heterocycles. The second-order valence-electron chi connectivity index (χ2n) is 6.17. The summed E-state index contributed by atoms with van der Waals surface area (Å²) in [5.74, 6) is 1.41. The van der Waals surface area contributed by atoms with Gasteiger partial charge in [-0.05, 0) is 18.2 Å². The lowest BCUT2D eigenvalue weighted by molar-refractivity contribution is -0.929. The van der Waals surface area contributed by atoms with Crippen molar-refractivity contribution in [1.82, 2.24) is 0 Å². The molecule has 0 bridgehead atoms. The molecule has 8 heteroatoms. The predicted octanol–water partition coefficient (Wildman–Crippen LogP) is 2.02. The standard InChI is InChI=1S/C16H25NO6S/c1-21-15-7-6-14(12-16(15)22-2)13-17(8-3-4-9-17)10-5-11-23-24(18,19)20/h6-7,12H,3-5,8-11,13H2,1-2H3/p+1. The number of ether oxygens (including phenoxy) is 2. The molecule has 0 saturated carbocycles. The van der Waals surface area contributed by atoms with Crippen LogP contribution >= 0.6 is 0 Å². The molecule has 0 unspecified atom stereocenters. The van der Waals surface area contributed by atoms with Gasteiger partial charge in [0, 0.05) is 24.8 Å². The van der Waals surface area contributed by atoms with Crippen molar-refractivity contribution in [3.05, 3.63) is 23.8 Å². The zero-order chi connectivity index (χ0) is 17.6. The van der Waals surface area contributed by atoms with Gasteiger partial charge in [-0.15, -0.1) is 0 Å². The average Bonchev–Trinajstić information content (AvgIpc) is 2.99. The Kier molecular flexibility index (Phi) is 6.45. The van der Waals surface area contributed by atoms with Gasteiger partial charge < -0.3 is 14.0 Å². The largest absolute Gasteiger partial charge is 0.493 e. The fourth-order valence-corrected chi connectivity index (χ4v) is 3.73. The van der Waals surface area contributed by atoms with E-state index in [1.165, 1.54) is 0 Å². The zero-order valence-corrected chi connectivity index (χ0v) is 15.0. The average molecular weight is 360 g/mol. The number of methoxy groups -OCH3 is 2. The van der Waals surface area contributed by atoms with Crippen LogP contribution in [-0.2, 0) is 21.1 Å². The van der Waals surface area contributed by atoms with Crippen molar-refractivity contribution in [3.8, 4) is 11.5 Å². The maximum Gasteiger partial charge on any atom is 0.397 e. The number of quaternary nitrogens is 1. The minimum atomic E-state index is -4.35. The van der Waals surface area contributed by atoms with Gasteiger partial charge in [-0.2, -0.15) is 8.42 Å². The first-order valence-electron chi connectivity index (χ1n) is 8.05. The minimum Gasteiger partial charge on any atom is -0.493 e. The maximum absolute atomic E-state index is 10.6. The Morgan fingerprint density at radius 2 is 1.79 bits per heavy atom. The number of likely N-dealkylation sites (tertiary alicyclic amines) is 1. The molecule has 1 saturated heterocycles. The van der Waals surface area contributed by atoms with Crippen LogP contribution in [0, 0.1) is 0 Å². The van der Waals surface area contributed by atoms with E-state index in [1.54, 1.807) is 14.2 Å². The van der Waals surface area contributed by atoms with Gasteiger partial charge in [0.25, 0.3) is 0 Å². The normalized spacial score (nSPS) is 17.0. The summed E-state index contributed by atoms with van der Waals surface area (Å²) in [4.78, 5) is 0. The summed E-state index contributed by atoms with van der Waals surface area (Å²) in [6.45, 7) is 3.78. The molecule has 0 aromatic heterocycles. The molecule has 0 aliphatic carbocycles. The maximum atomic E-state index is 10.6. The van der Waals surface area contributed by atoms with E-state index in [0.29, 0.717) is 17.9 Å². The fraction of sp³-hybridized carbons (Fsp3) is 0.625. The summed E-state index contributed by atoms with van der Waals surface area (Å²) in [7, 11) is -1.12. The Morgan fingerprint density at radius 1 is 1.12 bits per heavy atom. The zero-order valence-electron chi connectivity index (χ0n) is 14.2. The van der Waals surface area contributed by atoms with E-state index in [2.05, 4.69) is 4.18 Å². The number of nitrogens with zero attached hydrogens (tertiary/aromatic N) is 1. The fourth-order valence-electron chi connectivity index (χ4n) is 3.40. The van der Waals surface area contributed by atoms with E-state index < -0.39 is 10.4 Å². The number of hydrogen-bond donors (Lipinski definition) is 1. The summed E-state index contributed by atoms with van der Waals surface area (Å²) in [5.41, 5.74) is 1.16. The summed E-state index contributed by atoms with van der Waals surface area (Å²) >= 11 is 0. The molecule has 0 amide bonds. The predicted molar refractivity (Wildman–Crippen MR) is 89.5 cm³/mol. The highest BCUT2D eigenvalue weighted by molar-refractivity contribution is 7.80. The molecular formula is C16H26NO6S+. The third kappa shape index (κ3) is 5.34. The highest BCUT2D eigenvalue weighted by Gasteiger charge is 2.32. The van der Waals surface area contributed by atoms with Gasteiger partial charge in [0.15, 0.2) is 11.5 Å². The molecule has 1 aromatic carbocycles.